The minimum absolute atomic E-state index is 0.0342. The van der Waals surface area contributed by atoms with Crippen LogP contribution in [0.1, 0.15) is 30.5 Å². The van der Waals surface area contributed by atoms with Crippen LogP contribution < -0.4 is 14.2 Å². The summed E-state index contributed by atoms with van der Waals surface area (Å²) >= 11 is 6.31. The lowest BCUT2D eigenvalue weighted by Crippen LogP contribution is -2.32. The summed E-state index contributed by atoms with van der Waals surface area (Å²) in [5.74, 6) is -0.598. The molecule has 1 saturated heterocycles. The third-order valence-electron chi connectivity index (χ3n) is 5.76. The lowest BCUT2D eigenvalue weighted by atomic mass is 9.94. The van der Waals surface area contributed by atoms with E-state index in [1.54, 1.807) is 18.2 Å². The number of carbonyl (C=O) groups excluding carboxylic acids is 2. The van der Waals surface area contributed by atoms with Crippen molar-refractivity contribution in [1.29, 1.82) is 0 Å². The zero-order valence-electron chi connectivity index (χ0n) is 20.6. The Bertz CT molecular complexity index is 1130. The SMILES string of the molecule is CCOc1cccc(C2/C(=C(\O)c3cc(Cl)c(OC)cc3OC)C(=O)C(=O)N2CCCN(C)C)c1. The van der Waals surface area contributed by atoms with Crippen LogP contribution >= 0.6 is 11.6 Å². The van der Waals surface area contributed by atoms with E-state index in [-0.39, 0.29) is 27.7 Å². The van der Waals surface area contributed by atoms with E-state index in [0.717, 1.165) is 6.54 Å². The molecule has 0 saturated carbocycles. The van der Waals surface area contributed by atoms with Crippen molar-refractivity contribution in [3.63, 3.8) is 0 Å². The molecule has 8 nitrogen and oxygen atoms in total. The van der Waals surface area contributed by atoms with Gasteiger partial charge < -0.3 is 29.1 Å². The van der Waals surface area contributed by atoms with Gasteiger partial charge in [0.15, 0.2) is 0 Å². The van der Waals surface area contributed by atoms with E-state index in [9.17, 15) is 14.7 Å². The summed E-state index contributed by atoms with van der Waals surface area (Å²) in [6.07, 6.45) is 0.652. The summed E-state index contributed by atoms with van der Waals surface area (Å²) in [5.41, 5.74) is 0.809. The lowest BCUT2D eigenvalue weighted by molar-refractivity contribution is -0.139. The molecule has 0 aromatic heterocycles. The zero-order chi connectivity index (χ0) is 25.7. The average Bonchev–Trinajstić information content (AvgIpc) is 3.08. The molecule has 188 valence electrons. The molecule has 0 radical (unpaired) electrons. The van der Waals surface area contributed by atoms with Gasteiger partial charge in [-0.1, -0.05) is 23.7 Å². The second-order valence-electron chi connectivity index (χ2n) is 8.34. The number of likely N-dealkylation sites (tertiary alicyclic amines) is 1. The van der Waals surface area contributed by atoms with Gasteiger partial charge in [-0.15, -0.1) is 0 Å². The van der Waals surface area contributed by atoms with Crippen LogP contribution in [0.2, 0.25) is 5.02 Å². The predicted molar refractivity (Wildman–Crippen MR) is 134 cm³/mol. The molecule has 1 unspecified atom stereocenters. The quantitative estimate of drug-likeness (QED) is 0.297. The lowest BCUT2D eigenvalue weighted by Gasteiger charge is -2.26. The van der Waals surface area contributed by atoms with Gasteiger partial charge in [-0.05, 0) is 57.7 Å². The topological polar surface area (TPSA) is 88.5 Å². The third-order valence-corrected chi connectivity index (χ3v) is 6.05. The molecule has 0 spiro atoms. The first-order valence-corrected chi connectivity index (χ1v) is 11.7. The molecule has 1 amide bonds. The molecule has 1 aliphatic rings. The molecule has 1 N–H and O–H groups in total. The fourth-order valence-corrected chi connectivity index (χ4v) is 4.39. The van der Waals surface area contributed by atoms with E-state index < -0.39 is 17.7 Å². The monoisotopic (exact) mass is 502 g/mol. The highest BCUT2D eigenvalue weighted by atomic mass is 35.5. The summed E-state index contributed by atoms with van der Waals surface area (Å²) in [6.45, 7) is 3.41. The predicted octanol–water partition coefficient (Wildman–Crippen LogP) is 4.13. The van der Waals surface area contributed by atoms with Gasteiger partial charge in [0.25, 0.3) is 11.7 Å². The summed E-state index contributed by atoms with van der Waals surface area (Å²) in [5, 5.41) is 11.6. The van der Waals surface area contributed by atoms with E-state index in [1.807, 2.05) is 32.0 Å². The molecular formula is C26H31ClN2O6. The number of rotatable bonds is 10. The first-order chi connectivity index (χ1) is 16.7. The standard InChI is InChI=1S/C26H31ClN2O6/c1-6-35-17-10-7-9-16(13-17)23-22(25(31)26(32)29(23)12-8-11-28(2)3)24(30)18-14-19(27)21(34-5)15-20(18)33-4/h7,9-10,13-15,23,30H,6,8,11-12H2,1-5H3/b24-22+. The Morgan fingerprint density at radius 3 is 2.46 bits per heavy atom. The molecule has 1 heterocycles. The minimum atomic E-state index is -0.803. The maximum Gasteiger partial charge on any atom is 0.295 e. The zero-order valence-corrected chi connectivity index (χ0v) is 21.4. The number of ketones is 1. The fourth-order valence-electron chi connectivity index (χ4n) is 4.15. The van der Waals surface area contributed by atoms with E-state index in [2.05, 4.69) is 0 Å². The van der Waals surface area contributed by atoms with Crippen LogP contribution in [-0.4, -0.2) is 74.6 Å². The molecule has 1 atom stereocenters. The molecule has 0 aliphatic carbocycles. The number of nitrogens with zero attached hydrogens (tertiary/aromatic N) is 2. The fraction of sp³-hybridized carbons (Fsp3) is 0.385. The van der Waals surface area contributed by atoms with Crippen molar-refractivity contribution >= 4 is 29.1 Å². The van der Waals surface area contributed by atoms with Gasteiger partial charge in [-0.2, -0.15) is 0 Å². The molecule has 35 heavy (non-hydrogen) atoms. The Balaban J connectivity index is 2.19. The molecule has 1 aliphatic heterocycles. The van der Waals surface area contributed by atoms with Crippen molar-refractivity contribution in [2.45, 2.75) is 19.4 Å². The largest absolute Gasteiger partial charge is 0.507 e. The van der Waals surface area contributed by atoms with Gasteiger partial charge in [0, 0.05) is 12.6 Å². The number of aliphatic hydroxyl groups is 1. The van der Waals surface area contributed by atoms with Gasteiger partial charge in [-0.3, -0.25) is 9.59 Å². The number of carbonyl (C=O) groups is 2. The van der Waals surface area contributed by atoms with E-state index in [4.69, 9.17) is 25.8 Å². The van der Waals surface area contributed by atoms with Crippen molar-refractivity contribution in [3.05, 3.63) is 58.1 Å². The molecule has 9 heteroatoms. The Kier molecular flexibility index (Phi) is 8.64. The summed E-state index contributed by atoms with van der Waals surface area (Å²) < 4.78 is 16.3. The molecule has 2 aromatic rings. The molecular weight excluding hydrogens is 472 g/mol. The number of hydrogen-bond donors (Lipinski definition) is 1. The highest BCUT2D eigenvalue weighted by molar-refractivity contribution is 6.46. The molecule has 3 rings (SSSR count). The van der Waals surface area contributed by atoms with Gasteiger partial charge in [0.2, 0.25) is 0 Å². The average molecular weight is 503 g/mol. The first kappa shape index (κ1) is 26.4. The van der Waals surface area contributed by atoms with Crippen LogP contribution in [0.25, 0.3) is 5.76 Å². The first-order valence-electron chi connectivity index (χ1n) is 11.3. The van der Waals surface area contributed by atoms with Gasteiger partial charge in [0.1, 0.15) is 23.0 Å². The maximum atomic E-state index is 13.3. The number of benzene rings is 2. The minimum Gasteiger partial charge on any atom is -0.507 e. The molecule has 0 bridgehead atoms. The van der Waals surface area contributed by atoms with Crippen molar-refractivity contribution in [1.82, 2.24) is 9.80 Å². The Morgan fingerprint density at radius 1 is 1.11 bits per heavy atom. The third kappa shape index (κ3) is 5.55. The van der Waals surface area contributed by atoms with Crippen molar-refractivity contribution in [2.24, 2.45) is 0 Å². The second-order valence-corrected chi connectivity index (χ2v) is 8.75. The van der Waals surface area contributed by atoms with Crippen molar-refractivity contribution in [3.8, 4) is 17.2 Å². The molecule has 1 fully saturated rings. The summed E-state index contributed by atoms with van der Waals surface area (Å²) in [6, 6.07) is 9.37. The van der Waals surface area contributed by atoms with Crippen LogP contribution in [0.15, 0.2) is 42.0 Å². The van der Waals surface area contributed by atoms with Crippen LogP contribution in [0.5, 0.6) is 17.2 Å². The van der Waals surface area contributed by atoms with Gasteiger partial charge >= 0.3 is 0 Å². The summed E-state index contributed by atoms with van der Waals surface area (Å²) in [7, 11) is 6.78. The van der Waals surface area contributed by atoms with Gasteiger partial charge in [-0.25, -0.2) is 0 Å². The second kappa shape index (κ2) is 11.5. The smallest absolute Gasteiger partial charge is 0.295 e. The highest BCUT2D eigenvalue weighted by Gasteiger charge is 2.46. The van der Waals surface area contributed by atoms with Crippen LogP contribution in [0.4, 0.5) is 0 Å². The van der Waals surface area contributed by atoms with Crippen LogP contribution in [0, 0.1) is 0 Å². The Labute approximate surface area is 210 Å². The van der Waals surface area contributed by atoms with Crippen LogP contribution in [-0.2, 0) is 9.59 Å². The van der Waals surface area contributed by atoms with Crippen LogP contribution in [0.3, 0.4) is 0 Å². The Hall–Kier alpha value is -3.23. The van der Waals surface area contributed by atoms with Gasteiger partial charge in [0.05, 0.1) is 43.0 Å². The number of hydrogen-bond acceptors (Lipinski definition) is 7. The number of amides is 1. The number of aliphatic hydroxyl groups excluding tert-OH is 1. The number of Topliss-reactive ketones (excluding diaryl/α,β-unsaturated/α-hetero) is 1. The number of methoxy groups -OCH3 is 2. The van der Waals surface area contributed by atoms with Crippen molar-refractivity contribution < 1.29 is 28.9 Å². The van der Waals surface area contributed by atoms with Crippen molar-refractivity contribution in [2.75, 3.05) is 48.0 Å². The highest BCUT2D eigenvalue weighted by Crippen LogP contribution is 2.43. The Morgan fingerprint density at radius 2 is 1.83 bits per heavy atom. The van der Waals surface area contributed by atoms with E-state index >= 15 is 0 Å². The molecule has 2 aromatic carbocycles. The number of ether oxygens (including phenoxy) is 3. The number of halogens is 1. The normalized spacial score (nSPS) is 17.2. The van der Waals surface area contributed by atoms with E-state index in [1.165, 1.54) is 31.3 Å². The maximum absolute atomic E-state index is 13.3. The van der Waals surface area contributed by atoms with E-state index in [0.29, 0.717) is 36.6 Å². The summed E-state index contributed by atoms with van der Waals surface area (Å²) in [4.78, 5) is 29.9.